The number of benzene rings is 1. The minimum absolute atomic E-state index is 0.0214. The van der Waals surface area contributed by atoms with E-state index < -0.39 is 48.3 Å². The van der Waals surface area contributed by atoms with E-state index in [1.54, 1.807) is 6.07 Å². The average molecular weight is 493 g/mol. The van der Waals surface area contributed by atoms with Gasteiger partial charge in [0.1, 0.15) is 17.4 Å². The first kappa shape index (κ1) is 24.2. The highest BCUT2D eigenvalue weighted by Crippen LogP contribution is 2.32. The Labute approximate surface area is 197 Å². The van der Waals surface area contributed by atoms with Gasteiger partial charge in [-0.3, -0.25) is 19.2 Å². The molecule has 0 aliphatic carbocycles. The monoisotopic (exact) mass is 493 g/mol. The van der Waals surface area contributed by atoms with Gasteiger partial charge in [0, 0.05) is 25.2 Å². The second kappa shape index (κ2) is 9.04. The molecule has 1 fully saturated rings. The molecule has 0 bridgehead atoms. The van der Waals surface area contributed by atoms with Gasteiger partial charge in [-0.15, -0.1) is 0 Å². The number of halogens is 3. The third-order valence-electron chi connectivity index (χ3n) is 5.99. The van der Waals surface area contributed by atoms with Crippen LogP contribution < -0.4 is 10.6 Å². The molecule has 0 saturated carbocycles. The molecule has 2 aliphatic heterocycles. The van der Waals surface area contributed by atoms with Crippen molar-refractivity contribution in [2.45, 2.75) is 32.5 Å². The second-order valence-electron chi connectivity index (χ2n) is 8.28. The summed E-state index contributed by atoms with van der Waals surface area (Å²) < 4.78 is 46.3. The molecule has 10 nitrogen and oxygen atoms in total. The summed E-state index contributed by atoms with van der Waals surface area (Å²) >= 11 is 0. The lowest BCUT2D eigenvalue weighted by Gasteiger charge is -2.28. The molecule has 0 radical (unpaired) electrons. The molecule has 0 spiro atoms. The molecule has 2 N–H and O–H groups in total. The smallest absolute Gasteiger partial charge is 0.361 e. The Morgan fingerprint density at radius 1 is 1.17 bits per heavy atom. The highest BCUT2D eigenvalue weighted by Gasteiger charge is 2.48. The summed E-state index contributed by atoms with van der Waals surface area (Å²) in [5.41, 5.74) is 0.386. The number of rotatable bonds is 5. The molecule has 4 rings (SSSR count). The maximum atomic E-state index is 13.8. The fraction of sp³-hybridized carbons (Fsp3) is 0.409. The minimum atomic E-state index is -5.03. The molecule has 13 heteroatoms. The van der Waals surface area contributed by atoms with Crippen LogP contribution in [0.25, 0.3) is 0 Å². The highest BCUT2D eigenvalue weighted by atomic mass is 19.4. The first-order chi connectivity index (χ1) is 16.5. The lowest BCUT2D eigenvalue weighted by Crippen LogP contribution is -2.51. The summed E-state index contributed by atoms with van der Waals surface area (Å²) in [4.78, 5) is 51.4. The molecule has 2 atom stereocenters. The Morgan fingerprint density at radius 2 is 1.86 bits per heavy atom. The summed E-state index contributed by atoms with van der Waals surface area (Å²) in [6.07, 6.45) is -4.53. The van der Waals surface area contributed by atoms with Crippen molar-refractivity contribution in [1.82, 2.24) is 25.8 Å². The van der Waals surface area contributed by atoms with Crippen molar-refractivity contribution in [2.75, 3.05) is 19.6 Å². The molecular weight excluding hydrogens is 471 g/mol. The van der Waals surface area contributed by atoms with E-state index in [1.165, 1.54) is 37.1 Å². The number of amides is 4. The normalized spacial score (nSPS) is 18.6. The number of carbonyl (C=O) groups excluding carboxylic acids is 4. The molecule has 4 amide bonds. The molecule has 2 aromatic rings. The predicted molar refractivity (Wildman–Crippen MR) is 113 cm³/mol. The van der Waals surface area contributed by atoms with Crippen molar-refractivity contribution in [3.05, 3.63) is 52.4 Å². The quantitative estimate of drug-likeness (QED) is 0.653. The fourth-order valence-corrected chi connectivity index (χ4v) is 4.25. The zero-order chi connectivity index (χ0) is 25.5. The van der Waals surface area contributed by atoms with Gasteiger partial charge in [0.2, 0.25) is 5.91 Å². The predicted octanol–water partition coefficient (Wildman–Crippen LogP) is 1.66. The van der Waals surface area contributed by atoms with Crippen LogP contribution in [-0.2, 0) is 9.59 Å². The average Bonchev–Trinajstić information content (AvgIpc) is 3.40. The van der Waals surface area contributed by atoms with Crippen LogP contribution in [0, 0.1) is 19.8 Å². The van der Waals surface area contributed by atoms with Gasteiger partial charge in [0.05, 0.1) is 5.69 Å². The van der Waals surface area contributed by atoms with Crippen LogP contribution in [0.5, 0.6) is 0 Å². The van der Waals surface area contributed by atoms with E-state index in [-0.39, 0.29) is 41.2 Å². The third-order valence-corrected chi connectivity index (χ3v) is 5.99. The molecular formula is C22H22F3N5O5. The SMILES string of the molecule is Cc1noc(C)c1C(=O)NCC(C(=O)N[C@@H]1C(=O)N2CCCN2C(=O)c2ccccc21)C(F)(F)F. The Balaban J connectivity index is 1.58. The first-order valence-electron chi connectivity index (χ1n) is 10.8. The fourth-order valence-electron chi connectivity index (χ4n) is 4.25. The van der Waals surface area contributed by atoms with Crippen LogP contribution in [0.1, 0.15) is 50.2 Å². The van der Waals surface area contributed by atoms with Crippen LogP contribution in [0.15, 0.2) is 28.8 Å². The van der Waals surface area contributed by atoms with Crippen LogP contribution in [-0.4, -0.2) is 64.6 Å². The van der Waals surface area contributed by atoms with E-state index in [4.69, 9.17) is 4.52 Å². The van der Waals surface area contributed by atoms with Gasteiger partial charge in [-0.05, 0) is 31.9 Å². The number of aryl methyl sites for hydroxylation is 2. The van der Waals surface area contributed by atoms with E-state index in [0.29, 0.717) is 6.42 Å². The number of carbonyl (C=O) groups is 4. The Hall–Kier alpha value is -3.90. The maximum Gasteiger partial charge on any atom is 0.402 e. The van der Waals surface area contributed by atoms with Crippen molar-refractivity contribution in [1.29, 1.82) is 0 Å². The summed E-state index contributed by atoms with van der Waals surface area (Å²) in [6, 6.07) is 4.45. The topological polar surface area (TPSA) is 125 Å². The Bertz CT molecular complexity index is 1170. The van der Waals surface area contributed by atoms with Crippen molar-refractivity contribution in [2.24, 2.45) is 5.92 Å². The summed E-state index contributed by atoms with van der Waals surface area (Å²) in [7, 11) is 0. The zero-order valence-corrected chi connectivity index (χ0v) is 18.8. The Kier molecular flexibility index (Phi) is 6.26. The lowest BCUT2D eigenvalue weighted by atomic mass is 9.98. The number of nitrogens with one attached hydrogen (secondary N) is 2. The van der Waals surface area contributed by atoms with Gasteiger partial charge >= 0.3 is 6.18 Å². The van der Waals surface area contributed by atoms with Gasteiger partial charge in [-0.2, -0.15) is 13.2 Å². The highest BCUT2D eigenvalue weighted by molar-refractivity contribution is 6.02. The van der Waals surface area contributed by atoms with E-state index in [1.807, 2.05) is 0 Å². The van der Waals surface area contributed by atoms with Crippen molar-refractivity contribution < 1.29 is 36.9 Å². The number of hydrazine groups is 1. The number of alkyl halides is 3. The summed E-state index contributed by atoms with van der Waals surface area (Å²) in [5, 5.41) is 10.2. The van der Waals surface area contributed by atoms with E-state index in [2.05, 4.69) is 15.8 Å². The van der Waals surface area contributed by atoms with Gasteiger partial charge in [-0.25, -0.2) is 10.0 Å². The molecule has 1 aromatic carbocycles. The molecule has 1 saturated heterocycles. The molecule has 2 aliphatic rings. The lowest BCUT2D eigenvalue weighted by molar-refractivity contribution is -0.182. The standard InChI is InChI=1S/C22H22F3N5O5/c1-11-16(12(2)35-28-11)19(32)26-10-15(22(23,24)25)18(31)27-17-13-6-3-4-7-14(13)20(33)29-8-5-9-30(29)21(17)34/h3-4,6-7,15,17H,5,8-10H2,1-2H3,(H,26,32)(H,27,31)/t15?,17-/m0/s1. The van der Waals surface area contributed by atoms with Crippen LogP contribution in [0.3, 0.4) is 0 Å². The van der Waals surface area contributed by atoms with Gasteiger partial charge in [0.15, 0.2) is 5.92 Å². The maximum absolute atomic E-state index is 13.8. The largest absolute Gasteiger partial charge is 0.402 e. The number of aromatic nitrogens is 1. The van der Waals surface area contributed by atoms with Gasteiger partial charge in [-0.1, -0.05) is 23.4 Å². The number of hydrogen-bond donors (Lipinski definition) is 2. The number of fused-ring (bicyclic) bond motifs is 2. The van der Waals surface area contributed by atoms with Crippen LogP contribution >= 0.6 is 0 Å². The first-order valence-corrected chi connectivity index (χ1v) is 10.8. The molecule has 186 valence electrons. The molecule has 1 aromatic heterocycles. The van der Waals surface area contributed by atoms with Crippen molar-refractivity contribution in [3.8, 4) is 0 Å². The van der Waals surface area contributed by atoms with Gasteiger partial charge in [0.25, 0.3) is 17.7 Å². The Morgan fingerprint density at radius 3 is 2.51 bits per heavy atom. The van der Waals surface area contributed by atoms with Crippen molar-refractivity contribution in [3.63, 3.8) is 0 Å². The van der Waals surface area contributed by atoms with E-state index in [9.17, 15) is 32.3 Å². The second-order valence-corrected chi connectivity index (χ2v) is 8.28. The summed E-state index contributed by atoms with van der Waals surface area (Å²) in [5.74, 6) is -6.10. The van der Waals surface area contributed by atoms with Crippen molar-refractivity contribution >= 4 is 23.6 Å². The third kappa shape index (κ3) is 4.45. The van der Waals surface area contributed by atoms with Crippen LogP contribution in [0.4, 0.5) is 13.2 Å². The van der Waals surface area contributed by atoms with Crippen LogP contribution in [0.2, 0.25) is 0 Å². The number of hydrogen-bond acceptors (Lipinski definition) is 6. The van der Waals surface area contributed by atoms with E-state index in [0.717, 1.165) is 5.01 Å². The van der Waals surface area contributed by atoms with E-state index >= 15 is 0 Å². The zero-order valence-electron chi connectivity index (χ0n) is 18.8. The molecule has 35 heavy (non-hydrogen) atoms. The molecule has 3 heterocycles. The number of nitrogens with zero attached hydrogens (tertiary/aromatic N) is 3. The summed E-state index contributed by atoms with van der Waals surface area (Å²) in [6.45, 7) is 2.29. The molecule has 1 unspecified atom stereocenters. The van der Waals surface area contributed by atoms with Gasteiger partial charge < -0.3 is 15.2 Å². The minimum Gasteiger partial charge on any atom is -0.361 e.